The molecule has 1 aliphatic heterocycles. The van der Waals surface area contributed by atoms with Crippen LogP contribution in [-0.2, 0) is 21.1 Å². The van der Waals surface area contributed by atoms with Crippen LogP contribution in [0.5, 0.6) is 11.5 Å². The van der Waals surface area contributed by atoms with Gasteiger partial charge in [-0.15, -0.1) is 22.6 Å². The van der Waals surface area contributed by atoms with Gasteiger partial charge in [0.15, 0.2) is 6.71 Å². The van der Waals surface area contributed by atoms with Crippen LogP contribution in [0.4, 0.5) is 0 Å². The molecule has 0 atom stereocenters. The number of hydrogen-bond donors (Lipinski definition) is 0. The fourth-order valence-corrected chi connectivity index (χ4v) is 9.17. The molecule has 57 heavy (non-hydrogen) atoms. The third-order valence-corrected chi connectivity index (χ3v) is 11.6. The first-order chi connectivity index (χ1) is 27.5. The van der Waals surface area contributed by atoms with E-state index in [0.29, 0.717) is 11.5 Å². The Kier molecular flexibility index (Phi) is 9.55. The molecule has 4 heterocycles. The van der Waals surface area contributed by atoms with Crippen LogP contribution in [0.25, 0.3) is 44.3 Å². The van der Waals surface area contributed by atoms with Crippen molar-refractivity contribution in [2.75, 3.05) is 0 Å². The van der Waals surface area contributed by atoms with Crippen LogP contribution < -0.4 is 42.5 Å². The molecule has 0 saturated carbocycles. The van der Waals surface area contributed by atoms with E-state index in [-0.39, 0.29) is 34.5 Å². The summed E-state index contributed by atoms with van der Waals surface area (Å²) < 4.78 is 7.36. The van der Waals surface area contributed by atoms with Gasteiger partial charge in [0.1, 0.15) is 5.75 Å². The zero-order valence-corrected chi connectivity index (χ0v) is 34.4. The molecule has 0 aliphatic carbocycles. The summed E-state index contributed by atoms with van der Waals surface area (Å²) in [4.78, 5) is 14.8. The molecule has 1 aliphatic rings. The molecular formula is C50H37B2N3OPt. The third-order valence-electron chi connectivity index (χ3n) is 11.6. The van der Waals surface area contributed by atoms with Gasteiger partial charge < -0.3 is 14.7 Å². The van der Waals surface area contributed by atoms with Crippen molar-refractivity contribution in [2.45, 2.75) is 27.7 Å². The van der Waals surface area contributed by atoms with E-state index in [1.54, 1.807) is 0 Å². The Hall–Kier alpha value is -5.96. The summed E-state index contributed by atoms with van der Waals surface area (Å²) in [6.07, 6.45) is 3.68. The molecule has 4 nitrogen and oxygen atoms in total. The van der Waals surface area contributed by atoms with Crippen LogP contribution in [0, 0.1) is 33.8 Å². The second-order valence-electron chi connectivity index (χ2n) is 15.0. The van der Waals surface area contributed by atoms with Gasteiger partial charge in [0.25, 0.3) is 0 Å². The summed E-state index contributed by atoms with van der Waals surface area (Å²) in [5, 5.41) is 2.11. The number of para-hydroxylation sites is 2. The number of ether oxygens (including phenoxy) is 1. The molecule has 0 saturated heterocycles. The van der Waals surface area contributed by atoms with Crippen LogP contribution >= 0.6 is 0 Å². The molecule has 0 spiro atoms. The van der Waals surface area contributed by atoms with Crippen LogP contribution in [0.3, 0.4) is 0 Å². The van der Waals surface area contributed by atoms with Crippen molar-refractivity contribution in [3.05, 3.63) is 180 Å². The van der Waals surface area contributed by atoms with Crippen molar-refractivity contribution in [3.63, 3.8) is 0 Å². The number of pyridine rings is 2. The molecule has 0 fully saturated rings. The number of fused-ring (bicyclic) bond motifs is 5. The molecule has 0 amide bonds. The van der Waals surface area contributed by atoms with Crippen molar-refractivity contribution in [1.29, 1.82) is 0 Å². The standard InChI is InChI=1S/C50H37B2N3O.Pt/c1-31-15-11-16-32(2)46(31)51-39-22-5-6-23-40(39)52(47-33(3)17-12-18-34(47)4)48-41(51)29-35(42-24-7-9-27-53-42)30-45(48)56-44-26-14-20-37-36-19-13-21-38(49(36)55-50(37)44)43-25-8-10-28-54-43;/h5-29H,1-4H3;/q-2;+2. The minimum Gasteiger partial charge on any atom is -0.653 e. The summed E-state index contributed by atoms with van der Waals surface area (Å²) in [5.74, 6) is 1.37. The molecule has 7 heteroatoms. The van der Waals surface area contributed by atoms with E-state index < -0.39 is 0 Å². The van der Waals surface area contributed by atoms with Gasteiger partial charge in [-0.2, -0.15) is 5.46 Å². The minimum absolute atomic E-state index is 0. The second-order valence-corrected chi connectivity index (χ2v) is 15.0. The molecule has 10 rings (SSSR count). The van der Waals surface area contributed by atoms with Crippen LogP contribution in [0.1, 0.15) is 22.3 Å². The summed E-state index contributed by atoms with van der Waals surface area (Å²) >= 11 is 0. The van der Waals surface area contributed by atoms with E-state index in [1.165, 1.54) is 49.6 Å². The van der Waals surface area contributed by atoms with Gasteiger partial charge in [-0.3, -0.25) is 4.98 Å². The van der Waals surface area contributed by atoms with Crippen molar-refractivity contribution in [3.8, 4) is 34.0 Å². The van der Waals surface area contributed by atoms with Gasteiger partial charge in [0.05, 0.1) is 5.69 Å². The van der Waals surface area contributed by atoms with E-state index in [2.05, 4.69) is 142 Å². The first-order valence-corrected chi connectivity index (χ1v) is 19.3. The van der Waals surface area contributed by atoms with Gasteiger partial charge in [-0.25, -0.2) is 0 Å². The topological polar surface area (TPSA) is 49.1 Å². The van der Waals surface area contributed by atoms with E-state index >= 15 is 0 Å². The molecule has 9 aromatic rings. The maximum absolute atomic E-state index is 7.36. The van der Waals surface area contributed by atoms with E-state index in [0.717, 1.165) is 49.8 Å². The Bertz CT molecular complexity index is 2920. The van der Waals surface area contributed by atoms with Crippen LogP contribution in [0.15, 0.2) is 152 Å². The fraction of sp³-hybridized carbons (Fsp3) is 0.0800. The minimum atomic E-state index is -0.103. The first-order valence-electron chi connectivity index (χ1n) is 19.3. The first kappa shape index (κ1) is 36.7. The van der Waals surface area contributed by atoms with Crippen molar-refractivity contribution < 1.29 is 25.8 Å². The number of nitrogens with zero attached hydrogens (tertiary/aromatic N) is 3. The summed E-state index contributed by atoms with van der Waals surface area (Å²) in [6.45, 7) is 8.79. The molecule has 274 valence electrons. The van der Waals surface area contributed by atoms with Gasteiger partial charge in [0.2, 0.25) is 6.71 Å². The third kappa shape index (κ3) is 6.15. The maximum Gasteiger partial charge on any atom is 2.00 e. The number of rotatable bonds is 6. The molecular weight excluding hydrogens is 875 g/mol. The average molecular weight is 913 g/mol. The number of aromatic nitrogens is 3. The fourth-order valence-electron chi connectivity index (χ4n) is 9.17. The number of aryl methyl sites for hydroxylation is 4. The SMILES string of the molecule is Cc1cccc(C)c1B1c2ccccc2B(c2c(C)cccc2C)c2c(Oc3cccc4c3[n-]c3c(-c5ccccn5)cccc34)[c-]c(-c3ccccn3)cc21.[Pt+2]. The molecule has 3 aromatic heterocycles. The van der Waals surface area contributed by atoms with E-state index in [1.807, 2.05) is 48.8 Å². The van der Waals surface area contributed by atoms with E-state index in [4.69, 9.17) is 14.7 Å². The van der Waals surface area contributed by atoms with Gasteiger partial charge >= 0.3 is 21.1 Å². The van der Waals surface area contributed by atoms with Gasteiger partial charge in [-0.1, -0.05) is 165 Å². The Morgan fingerprint density at radius 3 is 1.68 bits per heavy atom. The Balaban J connectivity index is 0.00000422. The predicted molar refractivity (Wildman–Crippen MR) is 234 cm³/mol. The molecule has 0 bridgehead atoms. The molecule has 0 unspecified atom stereocenters. The zero-order valence-electron chi connectivity index (χ0n) is 32.2. The zero-order chi connectivity index (χ0) is 37.9. The normalized spacial score (nSPS) is 12.0. The van der Waals surface area contributed by atoms with Gasteiger partial charge in [-0.05, 0) is 74.0 Å². The largest absolute Gasteiger partial charge is 2.00 e. The smallest absolute Gasteiger partial charge is 0.653 e. The van der Waals surface area contributed by atoms with Gasteiger partial charge in [0, 0.05) is 18.1 Å². The summed E-state index contributed by atoms with van der Waals surface area (Å²) in [6, 6.07) is 53.0. The molecule has 0 radical (unpaired) electrons. The van der Waals surface area contributed by atoms with Crippen LogP contribution in [0.2, 0.25) is 0 Å². The second kappa shape index (κ2) is 14.8. The summed E-state index contributed by atoms with van der Waals surface area (Å²) in [7, 11) is 0. The molecule has 6 aromatic carbocycles. The Morgan fingerprint density at radius 2 is 1.05 bits per heavy atom. The Morgan fingerprint density at radius 1 is 0.509 bits per heavy atom. The van der Waals surface area contributed by atoms with Crippen molar-refractivity contribution >= 4 is 68.0 Å². The molecule has 0 N–H and O–H groups in total. The number of hydrogen-bond acceptors (Lipinski definition) is 3. The van der Waals surface area contributed by atoms with E-state index in [9.17, 15) is 0 Å². The van der Waals surface area contributed by atoms with Crippen molar-refractivity contribution in [1.82, 2.24) is 15.0 Å². The number of benzene rings is 6. The predicted octanol–water partition coefficient (Wildman–Crippen LogP) is 7.24. The monoisotopic (exact) mass is 912 g/mol. The Labute approximate surface area is 348 Å². The maximum atomic E-state index is 7.36. The quantitative estimate of drug-likeness (QED) is 0.131. The van der Waals surface area contributed by atoms with Crippen molar-refractivity contribution in [2.24, 2.45) is 0 Å². The average Bonchev–Trinajstić information content (AvgIpc) is 3.62. The summed E-state index contributed by atoms with van der Waals surface area (Å²) in [5.41, 5.74) is 17.9. The van der Waals surface area contributed by atoms with Crippen LogP contribution in [-0.4, -0.2) is 23.4 Å².